The molecule has 0 N–H and O–H groups in total. The molecule has 3 unspecified atom stereocenters. The molecule has 7 aromatic carbocycles. The highest BCUT2D eigenvalue weighted by atomic mass is 32.2. The van der Waals surface area contributed by atoms with Gasteiger partial charge >= 0.3 is 0 Å². The van der Waals surface area contributed by atoms with Gasteiger partial charge in [-0.25, -0.2) is 15.0 Å². The van der Waals surface area contributed by atoms with E-state index in [0.29, 0.717) is 17.5 Å². The Morgan fingerprint density at radius 1 is 0.565 bits per heavy atom. The molecule has 12 rings (SSSR count). The minimum Gasteiger partial charge on any atom is -0.458 e. The topological polar surface area (TPSA) is 55.1 Å². The van der Waals surface area contributed by atoms with E-state index in [1.54, 1.807) is 0 Å². The van der Waals surface area contributed by atoms with Crippen LogP contribution in [0.3, 0.4) is 0 Å². The van der Waals surface area contributed by atoms with Gasteiger partial charge in [0.2, 0.25) is 0 Å². The molecule has 62 heavy (non-hydrogen) atoms. The molecular formula is C56H40N4OS. The van der Waals surface area contributed by atoms with E-state index >= 15 is 0 Å². The molecule has 0 spiro atoms. The summed E-state index contributed by atoms with van der Waals surface area (Å²) in [6.07, 6.45) is 6.95. The number of para-hydroxylation sites is 2. The molecule has 0 radical (unpaired) electrons. The van der Waals surface area contributed by atoms with Crippen LogP contribution >= 0.6 is 11.8 Å². The van der Waals surface area contributed by atoms with Gasteiger partial charge in [-0.3, -0.25) is 0 Å². The molecule has 2 aliphatic heterocycles. The summed E-state index contributed by atoms with van der Waals surface area (Å²) in [5.74, 6) is 3.02. The van der Waals surface area contributed by atoms with Crippen molar-refractivity contribution in [2.45, 2.75) is 28.5 Å². The maximum atomic E-state index is 6.91. The van der Waals surface area contributed by atoms with Gasteiger partial charge in [0.25, 0.3) is 0 Å². The first kappa shape index (κ1) is 36.6. The van der Waals surface area contributed by atoms with Gasteiger partial charge in [0.05, 0.1) is 10.4 Å². The smallest absolute Gasteiger partial charge is 0.164 e. The zero-order valence-corrected chi connectivity index (χ0v) is 35.1. The number of thioether (sulfide) groups is 1. The van der Waals surface area contributed by atoms with Crippen molar-refractivity contribution in [3.05, 3.63) is 217 Å². The summed E-state index contributed by atoms with van der Waals surface area (Å²) in [7, 11) is 2.21. The first-order chi connectivity index (χ1) is 30.5. The molecular weight excluding hydrogens is 777 g/mol. The number of furan rings is 1. The van der Waals surface area contributed by atoms with Gasteiger partial charge in [-0.2, -0.15) is 0 Å². The molecule has 0 saturated carbocycles. The normalized spacial score (nSPS) is 18.5. The predicted molar refractivity (Wildman–Crippen MR) is 254 cm³/mol. The SMILES string of the molecule is CN1c2c(-c3cccc(C4C=CC=C5c6ccccc6SC54C)c3)cccc2-c2c(oc3ccccc23)C1c1cccc(-c2nc(-c3ccccc3)nc(-c3ccccc3)n2)c1. The molecule has 2 aromatic heterocycles. The zero-order valence-electron chi connectivity index (χ0n) is 34.2. The lowest BCUT2D eigenvalue weighted by Crippen LogP contribution is -2.29. The van der Waals surface area contributed by atoms with Crippen LogP contribution in [0.5, 0.6) is 0 Å². The van der Waals surface area contributed by atoms with E-state index in [9.17, 15) is 0 Å². The molecule has 0 saturated heterocycles. The number of fused-ring (bicyclic) bond motifs is 8. The van der Waals surface area contributed by atoms with Crippen molar-refractivity contribution in [2.24, 2.45) is 0 Å². The van der Waals surface area contributed by atoms with Gasteiger partial charge in [-0.1, -0.05) is 176 Å². The minimum atomic E-state index is -0.237. The van der Waals surface area contributed by atoms with Crippen LogP contribution in [0.15, 0.2) is 203 Å². The van der Waals surface area contributed by atoms with Gasteiger partial charge < -0.3 is 9.32 Å². The number of allylic oxidation sites excluding steroid dienone is 3. The van der Waals surface area contributed by atoms with Crippen molar-refractivity contribution < 1.29 is 4.42 Å². The number of aromatic nitrogens is 3. The third kappa shape index (κ3) is 5.82. The molecule has 0 bridgehead atoms. The van der Waals surface area contributed by atoms with Gasteiger partial charge in [-0.15, -0.1) is 11.8 Å². The van der Waals surface area contributed by atoms with E-state index in [2.05, 4.69) is 152 Å². The third-order valence-corrected chi connectivity index (χ3v) is 14.3. The average Bonchev–Trinajstić information content (AvgIpc) is 3.87. The van der Waals surface area contributed by atoms with Crippen LogP contribution in [0.25, 0.3) is 73.0 Å². The van der Waals surface area contributed by atoms with Gasteiger partial charge in [0.15, 0.2) is 17.5 Å². The van der Waals surface area contributed by atoms with Crippen LogP contribution in [0.4, 0.5) is 5.69 Å². The Hall–Kier alpha value is -7.28. The van der Waals surface area contributed by atoms with Crippen molar-refractivity contribution in [1.82, 2.24) is 15.0 Å². The fourth-order valence-electron chi connectivity index (χ4n) is 9.95. The highest BCUT2D eigenvalue weighted by Crippen LogP contribution is 2.61. The third-order valence-electron chi connectivity index (χ3n) is 12.8. The molecule has 0 fully saturated rings. The van der Waals surface area contributed by atoms with Crippen molar-refractivity contribution in [1.29, 1.82) is 0 Å². The van der Waals surface area contributed by atoms with Crippen molar-refractivity contribution >= 4 is 34.0 Å². The lowest BCUT2D eigenvalue weighted by molar-refractivity contribution is 0.514. The van der Waals surface area contributed by atoms with E-state index in [1.807, 2.05) is 72.4 Å². The second-order valence-corrected chi connectivity index (χ2v) is 18.0. The molecule has 296 valence electrons. The van der Waals surface area contributed by atoms with Gasteiger partial charge in [0.1, 0.15) is 17.4 Å². The van der Waals surface area contributed by atoms with E-state index < -0.39 is 0 Å². The van der Waals surface area contributed by atoms with Gasteiger partial charge in [0, 0.05) is 56.6 Å². The van der Waals surface area contributed by atoms with Crippen LogP contribution in [0.1, 0.15) is 41.3 Å². The summed E-state index contributed by atoms with van der Waals surface area (Å²) in [4.78, 5) is 18.9. The first-order valence-corrected chi connectivity index (χ1v) is 22.0. The first-order valence-electron chi connectivity index (χ1n) is 21.1. The van der Waals surface area contributed by atoms with Crippen LogP contribution in [0, 0.1) is 0 Å². The largest absolute Gasteiger partial charge is 0.458 e. The van der Waals surface area contributed by atoms with E-state index in [4.69, 9.17) is 19.4 Å². The molecule has 4 heterocycles. The molecule has 3 atom stereocenters. The van der Waals surface area contributed by atoms with Crippen LogP contribution in [0.2, 0.25) is 0 Å². The van der Waals surface area contributed by atoms with Crippen LogP contribution in [-0.2, 0) is 0 Å². The fourth-order valence-corrected chi connectivity index (χ4v) is 11.5. The summed E-state index contributed by atoms with van der Waals surface area (Å²) in [6.45, 7) is 2.41. The zero-order chi connectivity index (χ0) is 41.4. The standard InChI is InChI=1S/C56H40N4OS/c1-56-45(29-16-30-46(56)42-25-10-12-32-48(42)62-56)38-22-13-21-37(33-38)41-27-15-28-44-49-43-26-9-11-31-47(43)61-52(49)50(60(2)51(41)44)39-23-14-24-40(34-39)55-58-53(35-17-5-3-6-18-35)57-54(59-55)36-19-7-4-8-20-36/h3-34,45,50H,1-2H3. The summed E-state index contributed by atoms with van der Waals surface area (Å²) >= 11 is 1.99. The van der Waals surface area contributed by atoms with E-state index in [-0.39, 0.29) is 16.7 Å². The highest BCUT2D eigenvalue weighted by Gasteiger charge is 2.45. The number of hydrogen-bond acceptors (Lipinski definition) is 6. The van der Waals surface area contributed by atoms with Crippen molar-refractivity contribution in [3.63, 3.8) is 0 Å². The molecule has 5 nitrogen and oxygen atoms in total. The summed E-state index contributed by atoms with van der Waals surface area (Å²) in [5.41, 5.74) is 14.7. The number of nitrogens with zero attached hydrogens (tertiary/aromatic N) is 4. The summed E-state index contributed by atoms with van der Waals surface area (Å²) < 4.78 is 6.80. The van der Waals surface area contributed by atoms with Gasteiger partial charge in [-0.05, 0) is 52.9 Å². The Kier molecular flexibility index (Phi) is 8.51. The Morgan fingerprint density at radius 3 is 1.92 bits per heavy atom. The Morgan fingerprint density at radius 2 is 1.15 bits per heavy atom. The Bertz CT molecular complexity index is 3220. The second-order valence-electron chi connectivity index (χ2n) is 16.5. The fraction of sp³-hybridized carbons (Fsp3) is 0.0893. The molecule has 0 amide bonds. The second kappa shape index (κ2) is 14.4. The molecule has 3 aliphatic rings. The summed E-state index contributed by atoms with van der Waals surface area (Å²) in [5, 5.41) is 1.11. The summed E-state index contributed by atoms with van der Waals surface area (Å²) in [6, 6.07) is 61.9. The van der Waals surface area contributed by atoms with Crippen LogP contribution < -0.4 is 4.90 Å². The van der Waals surface area contributed by atoms with Crippen LogP contribution in [-0.4, -0.2) is 26.7 Å². The monoisotopic (exact) mass is 816 g/mol. The maximum Gasteiger partial charge on any atom is 0.164 e. The van der Waals surface area contributed by atoms with E-state index in [1.165, 1.54) is 38.4 Å². The predicted octanol–water partition coefficient (Wildman–Crippen LogP) is 14.1. The molecule has 1 aliphatic carbocycles. The van der Waals surface area contributed by atoms with E-state index in [0.717, 1.165) is 50.1 Å². The lowest BCUT2D eigenvalue weighted by atomic mass is 9.76. The molecule has 6 heteroatoms. The number of hydrogen-bond donors (Lipinski definition) is 0. The Balaban J connectivity index is 0.989. The minimum absolute atomic E-state index is 0.104. The highest BCUT2D eigenvalue weighted by molar-refractivity contribution is 8.01. The number of rotatable bonds is 6. The van der Waals surface area contributed by atoms with Crippen molar-refractivity contribution in [2.75, 3.05) is 11.9 Å². The maximum absolute atomic E-state index is 6.91. The number of anilines is 1. The molecule has 9 aromatic rings. The quantitative estimate of drug-likeness (QED) is 0.167. The number of benzene rings is 7. The average molecular weight is 817 g/mol. The Labute approximate surface area is 365 Å². The van der Waals surface area contributed by atoms with Crippen molar-refractivity contribution in [3.8, 4) is 56.4 Å². The lowest BCUT2D eigenvalue weighted by Gasteiger charge is -2.37.